The Morgan fingerprint density at radius 3 is 2.49 bits per heavy atom. The van der Waals surface area contributed by atoms with Gasteiger partial charge in [0.05, 0.1) is 0 Å². The van der Waals surface area contributed by atoms with Gasteiger partial charge in [0.1, 0.15) is 22.9 Å². The lowest BCUT2D eigenvalue weighted by atomic mass is 9.85. The van der Waals surface area contributed by atoms with Gasteiger partial charge in [0, 0.05) is 23.4 Å². The number of primary amides is 1. The molecule has 41 heavy (non-hydrogen) atoms. The van der Waals surface area contributed by atoms with E-state index in [0.29, 0.717) is 18.8 Å². The summed E-state index contributed by atoms with van der Waals surface area (Å²) in [4.78, 5) is 28.5. The summed E-state index contributed by atoms with van der Waals surface area (Å²) in [6, 6.07) is 8.56. The molecule has 0 aliphatic carbocycles. The number of hydrogen-bond donors (Lipinski definition) is 4. The van der Waals surface area contributed by atoms with Crippen molar-refractivity contribution < 1.29 is 27.2 Å². The maximum atomic E-state index is 15.7. The summed E-state index contributed by atoms with van der Waals surface area (Å²) in [7, 11) is 0. The standard InChI is InChI=1S/C27H26F4N8O2/c1-12-15(23(41)34-25-35-24(36-37-25)27(29,30)31)6-7-16(19(12)28)20-18(21(32)40)22-33-17-8-5-14(26(2,3)4)11-13(17)9-10-39(22)38-20/h5-8,11,33H,9-10H2,1-4H3,(H2,32,40)(H2,34,35,36,37,41). The second-order valence-corrected chi connectivity index (χ2v) is 10.7. The van der Waals surface area contributed by atoms with Gasteiger partial charge in [-0.1, -0.05) is 32.9 Å². The monoisotopic (exact) mass is 570 g/mol. The third kappa shape index (κ3) is 5.12. The van der Waals surface area contributed by atoms with Crippen LogP contribution in [-0.2, 0) is 24.6 Å². The van der Waals surface area contributed by atoms with Crippen molar-refractivity contribution in [2.75, 3.05) is 10.6 Å². The number of halogens is 4. The molecule has 0 saturated heterocycles. The number of aryl methyl sites for hydroxylation is 2. The molecule has 4 aromatic rings. The number of nitrogens with zero attached hydrogens (tertiary/aromatic N) is 4. The summed E-state index contributed by atoms with van der Waals surface area (Å²) >= 11 is 0. The fraction of sp³-hybridized carbons (Fsp3) is 0.296. The SMILES string of the molecule is Cc1c(C(=O)Nc2n[nH]c(C(F)(F)F)n2)ccc(-c2nn3c(c2C(N)=O)Nc2ccc(C(C)(C)C)cc2CC3)c1F. The van der Waals surface area contributed by atoms with Crippen LogP contribution in [0.1, 0.15) is 64.0 Å². The maximum Gasteiger partial charge on any atom is 0.451 e. The Morgan fingerprint density at radius 1 is 1.12 bits per heavy atom. The number of aromatic amines is 1. The van der Waals surface area contributed by atoms with Gasteiger partial charge in [0.2, 0.25) is 11.8 Å². The van der Waals surface area contributed by atoms with Crippen LogP contribution in [0.2, 0.25) is 0 Å². The molecule has 2 amide bonds. The minimum atomic E-state index is -4.78. The number of benzene rings is 2. The highest BCUT2D eigenvalue weighted by atomic mass is 19.4. The van der Waals surface area contributed by atoms with E-state index in [2.05, 4.69) is 52.7 Å². The van der Waals surface area contributed by atoms with Gasteiger partial charge in [-0.2, -0.15) is 23.3 Å². The molecule has 14 heteroatoms. The van der Waals surface area contributed by atoms with Crippen LogP contribution in [0.3, 0.4) is 0 Å². The minimum absolute atomic E-state index is 0.00823. The lowest BCUT2D eigenvalue weighted by molar-refractivity contribution is -0.144. The first-order valence-corrected chi connectivity index (χ1v) is 12.6. The van der Waals surface area contributed by atoms with Crippen LogP contribution in [0.4, 0.5) is 35.0 Å². The van der Waals surface area contributed by atoms with Crippen molar-refractivity contribution in [1.29, 1.82) is 0 Å². The van der Waals surface area contributed by atoms with E-state index in [1.165, 1.54) is 19.1 Å². The molecule has 10 nitrogen and oxygen atoms in total. The van der Waals surface area contributed by atoms with Crippen LogP contribution in [0, 0.1) is 12.7 Å². The molecular formula is C27H26F4N8O2. The van der Waals surface area contributed by atoms with Gasteiger partial charge in [0.15, 0.2) is 0 Å². The van der Waals surface area contributed by atoms with E-state index in [4.69, 9.17) is 5.73 Å². The van der Waals surface area contributed by atoms with Crippen molar-refractivity contribution in [2.45, 2.75) is 52.3 Å². The first-order valence-electron chi connectivity index (χ1n) is 12.6. The molecule has 0 spiro atoms. The normalized spacial score (nSPS) is 13.2. The summed E-state index contributed by atoms with van der Waals surface area (Å²) in [5, 5.41) is 14.9. The van der Waals surface area contributed by atoms with Crippen LogP contribution >= 0.6 is 0 Å². The molecule has 3 heterocycles. The number of alkyl halides is 3. The summed E-state index contributed by atoms with van der Waals surface area (Å²) in [6.07, 6.45) is -4.19. The molecule has 214 valence electrons. The van der Waals surface area contributed by atoms with E-state index in [-0.39, 0.29) is 33.4 Å². The molecule has 1 aliphatic heterocycles. The van der Waals surface area contributed by atoms with E-state index in [9.17, 15) is 22.8 Å². The Bertz CT molecular complexity index is 1700. The largest absolute Gasteiger partial charge is 0.451 e. The number of rotatable bonds is 4. The van der Waals surface area contributed by atoms with Gasteiger partial charge in [-0.05, 0) is 53.6 Å². The molecule has 5 N–H and O–H groups in total. The zero-order valence-electron chi connectivity index (χ0n) is 22.5. The van der Waals surface area contributed by atoms with Gasteiger partial charge >= 0.3 is 6.18 Å². The highest BCUT2D eigenvalue weighted by Crippen LogP contribution is 2.37. The van der Waals surface area contributed by atoms with Crippen molar-refractivity contribution in [1.82, 2.24) is 25.0 Å². The number of hydrogen-bond acceptors (Lipinski definition) is 6. The van der Waals surface area contributed by atoms with Crippen molar-refractivity contribution >= 4 is 29.3 Å². The number of amides is 2. The molecule has 1 aliphatic rings. The molecule has 0 saturated carbocycles. The Labute approximate surface area is 231 Å². The first kappa shape index (κ1) is 27.8. The van der Waals surface area contributed by atoms with Crippen molar-refractivity contribution in [3.63, 3.8) is 0 Å². The van der Waals surface area contributed by atoms with Gasteiger partial charge in [0.25, 0.3) is 11.8 Å². The second-order valence-electron chi connectivity index (χ2n) is 10.7. The highest BCUT2D eigenvalue weighted by molar-refractivity contribution is 6.06. The third-order valence-electron chi connectivity index (χ3n) is 6.88. The number of nitrogens with one attached hydrogen (secondary N) is 3. The Balaban J connectivity index is 1.49. The lowest BCUT2D eigenvalue weighted by Gasteiger charge is -2.21. The summed E-state index contributed by atoms with van der Waals surface area (Å²) < 4.78 is 55.6. The van der Waals surface area contributed by atoms with Gasteiger partial charge in [-0.3, -0.25) is 20.0 Å². The predicted octanol–water partition coefficient (Wildman–Crippen LogP) is 5.08. The second kappa shape index (κ2) is 9.71. The zero-order chi connectivity index (χ0) is 29.9. The van der Waals surface area contributed by atoms with Crippen LogP contribution in [0.25, 0.3) is 11.3 Å². The van der Waals surface area contributed by atoms with E-state index in [0.717, 1.165) is 16.8 Å². The third-order valence-corrected chi connectivity index (χ3v) is 6.88. The molecule has 2 aromatic heterocycles. The van der Waals surface area contributed by atoms with Gasteiger partial charge < -0.3 is 11.1 Å². The van der Waals surface area contributed by atoms with E-state index < -0.39 is 35.6 Å². The average Bonchev–Trinajstić information content (AvgIpc) is 3.45. The molecule has 0 bridgehead atoms. The average molecular weight is 571 g/mol. The van der Waals surface area contributed by atoms with Crippen LogP contribution < -0.4 is 16.4 Å². The molecule has 0 atom stereocenters. The quantitative estimate of drug-likeness (QED) is 0.252. The fourth-order valence-corrected chi connectivity index (χ4v) is 4.64. The topological polar surface area (TPSA) is 144 Å². The minimum Gasteiger partial charge on any atom is -0.365 e. The van der Waals surface area contributed by atoms with Crippen LogP contribution in [-0.4, -0.2) is 36.8 Å². The van der Waals surface area contributed by atoms with Crippen molar-refractivity contribution in [3.05, 3.63) is 69.8 Å². The summed E-state index contributed by atoms with van der Waals surface area (Å²) in [6.45, 7) is 8.06. The van der Waals surface area contributed by atoms with E-state index in [1.54, 1.807) is 9.78 Å². The Hall–Kier alpha value is -4.75. The van der Waals surface area contributed by atoms with Crippen LogP contribution in [0.5, 0.6) is 0 Å². The first-order chi connectivity index (χ1) is 19.1. The Morgan fingerprint density at radius 2 is 1.85 bits per heavy atom. The zero-order valence-corrected chi connectivity index (χ0v) is 22.5. The van der Waals surface area contributed by atoms with Crippen LogP contribution in [0.15, 0.2) is 30.3 Å². The number of anilines is 3. The summed E-state index contributed by atoms with van der Waals surface area (Å²) in [5.74, 6) is -4.30. The number of fused-ring (bicyclic) bond motifs is 2. The van der Waals surface area contributed by atoms with Crippen molar-refractivity contribution in [2.24, 2.45) is 5.73 Å². The summed E-state index contributed by atoms with van der Waals surface area (Å²) in [5.41, 5.74) is 8.24. The number of nitrogens with two attached hydrogens (primary N) is 1. The van der Waals surface area contributed by atoms with E-state index >= 15 is 4.39 Å². The van der Waals surface area contributed by atoms with Gasteiger partial charge in [-0.15, -0.1) is 5.10 Å². The molecule has 0 unspecified atom stereocenters. The molecule has 0 radical (unpaired) electrons. The van der Waals surface area contributed by atoms with Crippen molar-refractivity contribution in [3.8, 4) is 11.3 Å². The number of H-pyrrole nitrogens is 1. The predicted molar refractivity (Wildman–Crippen MR) is 142 cm³/mol. The Kier molecular flexibility index (Phi) is 6.59. The maximum absolute atomic E-state index is 15.7. The molecule has 0 fully saturated rings. The lowest BCUT2D eigenvalue weighted by Crippen LogP contribution is -2.16. The highest BCUT2D eigenvalue weighted by Gasteiger charge is 2.35. The van der Waals surface area contributed by atoms with E-state index in [1.807, 2.05) is 12.1 Å². The number of carbonyl (C=O) groups is 2. The van der Waals surface area contributed by atoms with Gasteiger partial charge in [-0.25, -0.2) is 9.07 Å². The molecular weight excluding hydrogens is 544 g/mol. The number of aromatic nitrogens is 5. The number of carbonyl (C=O) groups excluding carboxylic acids is 2. The molecule has 2 aromatic carbocycles. The molecule has 5 rings (SSSR count). The fourth-order valence-electron chi connectivity index (χ4n) is 4.64. The smallest absolute Gasteiger partial charge is 0.365 e.